The Kier molecular flexibility index (Phi) is 6.41. The molecule has 0 saturated heterocycles. The first-order valence-electron chi connectivity index (χ1n) is 8.78. The van der Waals surface area contributed by atoms with Crippen molar-refractivity contribution in [3.63, 3.8) is 0 Å². The third-order valence-electron chi connectivity index (χ3n) is 4.05. The number of amides is 2. The van der Waals surface area contributed by atoms with Gasteiger partial charge in [-0.1, -0.05) is 32.9 Å². The van der Waals surface area contributed by atoms with Gasteiger partial charge >= 0.3 is 5.97 Å². The topological polar surface area (TPSA) is 109 Å². The monoisotopic (exact) mass is 384 g/mol. The van der Waals surface area contributed by atoms with E-state index in [9.17, 15) is 14.4 Å². The van der Waals surface area contributed by atoms with E-state index in [4.69, 9.17) is 9.52 Å². The first-order chi connectivity index (χ1) is 13.1. The van der Waals surface area contributed by atoms with Crippen LogP contribution in [0.2, 0.25) is 0 Å². The molecular weight excluding hydrogens is 360 g/mol. The van der Waals surface area contributed by atoms with E-state index in [1.54, 1.807) is 24.3 Å². The van der Waals surface area contributed by atoms with Crippen LogP contribution in [0.4, 0.5) is 0 Å². The predicted molar refractivity (Wildman–Crippen MR) is 105 cm³/mol. The maximum Gasteiger partial charge on any atom is 0.325 e. The fraction of sp³-hybridized carbons (Fsp3) is 0.286. The first-order valence-corrected chi connectivity index (χ1v) is 8.78. The van der Waals surface area contributed by atoms with Crippen molar-refractivity contribution in [1.29, 1.82) is 0 Å². The summed E-state index contributed by atoms with van der Waals surface area (Å²) in [5.74, 6) is -2.06. The standard InChI is InChI=1S/C21H24N2O5/c1-13(20(26)27)22-19(25)17(12-16-6-5-11-28-16)23-18(24)14-7-9-15(10-8-14)21(2,3)4/h5-13H,1-4H3,(H,22,25)(H,23,24)(H,26,27)/b17-12+. The molecule has 1 aromatic carbocycles. The Hall–Kier alpha value is -3.35. The fourth-order valence-corrected chi connectivity index (χ4v) is 2.33. The van der Waals surface area contributed by atoms with Gasteiger partial charge in [0.1, 0.15) is 17.5 Å². The number of hydrogen-bond acceptors (Lipinski definition) is 4. The molecule has 7 nitrogen and oxygen atoms in total. The lowest BCUT2D eigenvalue weighted by atomic mass is 9.87. The Balaban J connectivity index is 2.23. The summed E-state index contributed by atoms with van der Waals surface area (Å²) < 4.78 is 5.18. The van der Waals surface area contributed by atoms with Crippen LogP contribution in [-0.4, -0.2) is 28.9 Å². The van der Waals surface area contributed by atoms with E-state index in [0.717, 1.165) is 5.56 Å². The molecule has 1 unspecified atom stereocenters. The maximum atomic E-state index is 12.6. The highest BCUT2D eigenvalue weighted by Gasteiger charge is 2.20. The molecule has 0 aliphatic rings. The Morgan fingerprint density at radius 1 is 1.11 bits per heavy atom. The lowest BCUT2D eigenvalue weighted by Crippen LogP contribution is -2.42. The number of rotatable bonds is 6. The van der Waals surface area contributed by atoms with Crippen molar-refractivity contribution < 1.29 is 23.9 Å². The molecule has 1 atom stereocenters. The second kappa shape index (κ2) is 8.56. The van der Waals surface area contributed by atoms with Crippen molar-refractivity contribution >= 4 is 23.9 Å². The van der Waals surface area contributed by atoms with Crippen LogP contribution in [0.1, 0.15) is 49.4 Å². The second-order valence-electron chi connectivity index (χ2n) is 7.39. The number of carbonyl (C=O) groups is 3. The number of carboxylic acid groups (broad SMARTS) is 1. The zero-order chi connectivity index (χ0) is 20.9. The van der Waals surface area contributed by atoms with Crippen LogP contribution in [0.5, 0.6) is 0 Å². The predicted octanol–water partition coefficient (Wildman–Crippen LogP) is 2.94. The van der Waals surface area contributed by atoms with E-state index >= 15 is 0 Å². The molecule has 1 heterocycles. The number of benzene rings is 1. The van der Waals surface area contributed by atoms with Gasteiger partial charge in [-0.2, -0.15) is 0 Å². The van der Waals surface area contributed by atoms with E-state index in [1.807, 2.05) is 12.1 Å². The molecule has 1 aromatic heterocycles. The lowest BCUT2D eigenvalue weighted by molar-refractivity contribution is -0.140. The first kappa shape index (κ1) is 21.0. The molecule has 0 aliphatic carbocycles. The highest BCUT2D eigenvalue weighted by Crippen LogP contribution is 2.22. The van der Waals surface area contributed by atoms with Gasteiger partial charge in [0.05, 0.1) is 6.26 Å². The molecule has 0 radical (unpaired) electrons. The minimum atomic E-state index is -1.19. The van der Waals surface area contributed by atoms with Crippen molar-refractivity contribution in [1.82, 2.24) is 10.6 Å². The molecule has 0 aliphatic heterocycles. The minimum absolute atomic E-state index is 0.0494. The van der Waals surface area contributed by atoms with Crippen LogP contribution in [0.15, 0.2) is 52.8 Å². The van der Waals surface area contributed by atoms with E-state index in [1.165, 1.54) is 19.3 Å². The Morgan fingerprint density at radius 2 is 1.75 bits per heavy atom. The third-order valence-corrected chi connectivity index (χ3v) is 4.05. The summed E-state index contributed by atoms with van der Waals surface area (Å²) in [6, 6.07) is 9.20. The average molecular weight is 384 g/mol. The van der Waals surface area contributed by atoms with Gasteiger partial charge in [-0.25, -0.2) is 0 Å². The Morgan fingerprint density at radius 3 is 2.25 bits per heavy atom. The lowest BCUT2D eigenvalue weighted by Gasteiger charge is -2.19. The maximum absolute atomic E-state index is 12.6. The molecule has 3 N–H and O–H groups in total. The summed E-state index contributed by atoms with van der Waals surface area (Å²) in [5.41, 5.74) is 1.28. The van der Waals surface area contributed by atoms with Gasteiger partial charge in [0.15, 0.2) is 0 Å². The zero-order valence-corrected chi connectivity index (χ0v) is 16.3. The molecular formula is C21H24N2O5. The normalized spacial score (nSPS) is 12.9. The molecule has 0 spiro atoms. The van der Waals surface area contributed by atoms with Crippen LogP contribution < -0.4 is 10.6 Å². The van der Waals surface area contributed by atoms with Gasteiger partial charge < -0.3 is 20.2 Å². The van der Waals surface area contributed by atoms with Gasteiger partial charge in [-0.3, -0.25) is 14.4 Å². The summed E-state index contributed by atoms with van der Waals surface area (Å²) in [7, 11) is 0. The minimum Gasteiger partial charge on any atom is -0.480 e. The van der Waals surface area contributed by atoms with Crippen LogP contribution in [0.25, 0.3) is 6.08 Å². The molecule has 0 saturated carbocycles. The summed E-state index contributed by atoms with van der Waals surface area (Å²) >= 11 is 0. The fourth-order valence-electron chi connectivity index (χ4n) is 2.33. The highest BCUT2D eigenvalue weighted by molar-refractivity contribution is 6.05. The van der Waals surface area contributed by atoms with Crippen LogP contribution in [0, 0.1) is 0 Å². The molecule has 0 bridgehead atoms. The van der Waals surface area contributed by atoms with E-state index in [-0.39, 0.29) is 11.1 Å². The second-order valence-corrected chi connectivity index (χ2v) is 7.39. The van der Waals surface area contributed by atoms with Crippen LogP contribution in [-0.2, 0) is 15.0 Å². The highest BCUT2D eigenvalue weighted by atomic mass is 16.4. The summed E-state index contributed by atoms with van der Waals surface area (Å²) in [6.45, 7) is 7.54. The molecule has 2 rings (SSSR count). The zero-order valence-electron chi connectivity index (χ0n) is 16.3. The third kappa shape index (κ3) is 5.57. The molecule has 148 valence electrons. The van der Waals surface area contributed by atoms with Gasteiger partial charge in [0.25, 0.3) is 11.8 Å². The smallest absolute Gasteiger partial charge is 0.325 e. The largest absolute Gasteiger partial charge is 0.480 e. The van der Waals surface area contributed by atoms with Crippen molar-refractivity contribution in [3.8, 4) is 0 Å². The Bertz CT molecular complexity index is 875. The van der Waals surface area contributed by atoms with E-state index in [2.05, 4.69) is 31.4 Å². The van der Waals surface area contributed by atoms with Gasteiger partial charge in [0.2, 0.25) is 0 Å². The SMILES string of the molecule is CC(NC(=O)/C(=C\c1ccco1)NC(=O)c1ccc(C(C)(C)C)cc1)C(=O)O. The van der Waals surface area contributed by atoms with Gasteiger partial charge in [-0.05, 0) is 42.2 Å². The number of nitrogens with one attached hydrogen (secondary N) is 2. The summed E-state index contributed by atoms with van der Waals surface area (Å²) in [5, 5.41) is 13.8. The van der Waals surface area contributed by atoms with Gasteiger partial charge in [0, 0.05) is 11.6 Å². The van der Waals surface area contributed by atoms with E-state index in [0.29, 0.717) is 11.3 Å². The van der Waals surface area contributed by atoms with Crippen LogP contribution in [0.3, 0.4) is 0 Å². The molecule has 0 fully saturated rings. The number of furan rings is 1. The Labute approximate surface area is 163 Å². The van der Waals surface area contributed by atoms with Crippen molar-refractivity contribution in [2.45, 2.75) is 39.2 Å². The summed E-state index contributed by atoms with van der Waals surface area (Å²) in [6.07, 6.45) is 2.76. The van der Waals surface area contributed by atoms with Gasteiger partial charge in [-0.15, -0.1) is 0 Å². The van der Waals surface area contributed by atoms with Crippen molar-refractivity contribution in [3.05, 3.63) is 65.2 Å². The quantitative estimate of drug-likeness (QED) is 0.664. The number of carbonyl (C=O) groups excluding carboxylic acids is 2. The molecule has 2 aromatic rings. The molecule has 28 heavy (non-hydrogen) atoms. The number of aliphatic carboxylic acids is 1. The molecule has 7 heteroatoms. The van der Waals surface area contributed by atoms with Crippen LogP contribution >= 0.6 is 0 Å². The van der Waals surface area contributed by atoms with Crippen molar-refractivity contribution in [2.24, 2.45) is 0 Å². The molecule has 2 amide bonds. The summed E-state index contributed by atoms with van der Waals surface area (Å²) in [4.78, 5) is 36.0. The van der Waals surface area contributed by atoms with E-state index < -0.39 is 23.8 Å². The number of carboxylic acids is 1. The average Bonchev–Trinajstić information content (AvgIpc) is 3.13. The number of hydrogen-bond donors (Lipinski definition) is 3. The van der Waals surface area contributed by atoms with Crippen molar-refractivity contribution in [2.75, 3.05) is 0 Å².